The van der Waals surface area contributed by atoms with Gasteiger partial charge in [0.2, 0.25) is 0 Å². The van der Waals surface area contributed by atoms with E-state index < -0.39 is 28.7 Å². The van der Waals surface area contributed by atoms with Gasteiger partial charge >= 0.3 is 0 Å². The standard InChI is InChI=1S/C11H12FNO3S/c1-13(9-5-3-4-8(12)6-9)11(15)10(14)7-17(2)16/h3-6H,7H2,1-2H3. The van der Waals surface area contributed by atoms with E-state index >= 15 is 0 Å². The summed E-state index contributed by atoms with van der Waals surface area (Å²) in [6.45, 7) is 0. The Morgan fingerprint density at radius 2 is 2.12 bits per heavy atom. The Labute approximate surface area is 102 Å². The minimum atomic E-state index is -1.36. The van der Waals surface area contributed by atoms with Crippen LogP contribution in [0.25, 0.3) is 0 Å². The van der Waals surface area contributed by atoms with Gasteiger partial charge in [-0.25, -0.2) is 4.39 Å². The second-order valence-corrected chi connectivity index (χ2v) is 4.92. The van der Waals surface area contributed by atoms with E-state index in [9.17, 15) is 18.5 Å². The van der Waals surface area contributed by atoms with Crippen LogP contribution in [0.4, 0.5) is 10.1 Å². The first-order valence-corrected chi connectivity index (χ1v) is 6.51. The molecule has 1 unspecified atom stereocenters. The van der Waals surface area contributed by atoms with Crippen LogP contribution >= 0.6 is 0 Å². The van der Waals surface area contributed by atoms with E-state index in [4.69, 9.17) is 0 Å². The zero-order valence-corrected chi connectivity index (χ0v) is 10.3. The molecule has 0 spiro atoms. The number of benzene rings is 1. The maximum atomic E-state index is 12.9. The highest BCUT2D eigenvalue weighted by Crippen LogP contribution is 2.14. The summed E-state index contributed by atoms with van der Waals surface area (Å²) < 4.78 is 23.8. The number of nitrogens with zero attached hydrogens (tertiary/aromatic N) is 1. The molecular weight excluding hydrogens is 245 g/mol. The van der Waals surface area contributed by atoms with Gasteiger partial charge in [0, 0.05) is 12.7 Å². The van der Waals surface area contributed by atoms with Gasteiger partial charge in [-0.15, -0.1) is 0 Å². The Morgan fingerprint density at radius 3 is 2.65 bits per heavy atom. The average Bonchev–Trinajstić information content (AvgIpc) is 2.26. The second kappa shape index (κ2) is 5.79. The highest BCUT2D eigenvalue weighted by Gasteiger charge is 2.23. The molecule has 0 saturated carbocycles. The number of anilines is 1. The number of hydrogen-bond acceptors (Lipinski definition) is 3. The van der Waals surface area contributed by atoms with Crippen molar-refractivity contribution in [3.63, 3.8) is 0 Å². The zero-order chi connectivity index (χ0) is 13.0. The number of halogens is 1. The van der Waals surface area contributed by atoms with Gasteiger partial charge in [-0.05, 0) is 29.4 Å². The minimum absolute atomic E-state index is 0.283. The van der Waals surface area contributed by atoms with Crippen molar-refractivity contribution in [1.29, 1.82) is 0 Å². The molecule has 0 aliphatic heterocycles. The summed E-state index contributed by atoms with van der Waals surface area (Å²) in [6, 6.07) is 5.34. The van der Waals surface area contributed by atoms with Crippen LogP contribution in [-0.4, -0.2) is 35.3 Å². The quantitative estimate of drug-likeness (QED) is 0.590. The zero-order valence-electron chi connectivity index (χ0n) is 9.47. The smallest absolute Gasteiger partial charge is 0.299 e. The summed E-state index contributed by atoms with van der Waals surface area (Å²) in [5.74, 6) is -2.37. The molecule has 0 aromatic heterocycles. The molecule has 0 fully saturated rings. The molecule has 0 aliphatic rings. The van der Waals surface area contributed by atoms with Crippen molar-refractivity contribution in [2.75, 3.05) is 24.0 Å². The van der Waals surface area contributed by atoms with Crippen molar-refractivity contribution in [3.05, 3.63) is 30.1 Å². The van der Waals surface area contributed by atoms with E-state index in [1.165, 1.54) is 31.5 Å². The number of rotatable bonds is 4. The summed E-state index contributed by atoms with van der Waals surface area (Å²) in [6.07, 6.45) is 1.34. The predicted molar refractivity (Wildman–Crippen MR) is 63.8 cm³/mol. The molecule has 92 valence electrons. The third-order valence-electron chi connectivity index (χ3n) is 2.07. The normalized spacial score (nSPS) is 12.0. The molecule has 1 amide bonds. The van der Waals surface area contributed by atoms with Crippen molar-refractivity contribution in [1.82, 2.24) is 0 Å². The molecule has 0 saturated heterocycles. The maximum absolute atomic E-state index is 12.9. The second-order valence-electron chi connectivity index (χ2n) is 3.48. The minimum Gasteiger partial charge on any atom is -0.616 e. The van der Waals surface area contributed by atoms with Crippen molar-refractivity contribution in [3.8, 4) is 0 Å². The van der Waals surface area contributed by atoms with Gasteiger partial charge in [-0.1, -0.05) is 6.07 Å². The van der Waals surface area contributed by atoms with Gasteiger partial charge < -0.3 is 9.45 Å². The lowest BCUT2D eigenvalue weighted by Crippen LogP contribution is -2.36. The van der Waals surface area contributed by atoms with Gasteiger partial charge in [0.25, 0.3) is 11.7 Å². The fraction of sp³-hybridized carbons (Fsp3) is 0.273. The summed E-state index contributed by atoms with van der Waals surface area (Å²) >= 11 is -1.36. The van der Waals surface area contributed by atoms with Gasteiger partial charge in [0.15, 0.2) is 5.75 Å². The molecule has 1 aromatic rings. The van der Waals surface area contributed by atoms with Crippen molar-refractivity contribution in [2.45, 2.75) is 0 Å². The molecule has 6 heteroatoms. The lowest BCUT2D eigenvalue weighted by atomic mass is 10.2. The van der Waals surface area contributed by atoms with Crippen LogP contribution in [0.5, 0.6) is 0 Å². The van der Waals surface area contributed by atoms with E-state index in [2.05, 4.69) is 0 Å². The number of hydrogen-bond donors (Lipinski definition) is 0. The van der Waals surface area contributed by atoms with E-state index in [1.54, 1.807) is 0 Å². The highest BCUT2D eigenvalue weighted by atomic mass is 32.2. The topological polar surface area (TPSA) is 60.4 Å². The maximum Gasteiger partial charge on any atom is 0.299 e. The predicted octanol–water partition coefficient (Wildman–Crippen LogP) is 0.736. The van der Waals surface area contributed by atoms with Crippen LogP contribution in [0.1, 0.15) is 0 Å². The summed E-state index contributed by atoms with van der Waals surface area (Å²) in [4.78, 5) is 24.0. The van der Waals surface area contributed by atoms with E-state index in [1.807, 2.05) is 0 Å². The van der Waals surface area contributed by atoms with Crippen molar-refractivity contribution >= 4 is 28.6 Å². The molecule has 0 bridgehead atoms. The monoisotopic (exact) mass is 257 g/mol. The Kier molecular flexibility index (Phi) is 4.65. The van der Waals surface area contributed by atoms with Crippen LogP contribution < -0.4 is 4.90 Å². The third kappa shape index (κ3) is 3.83. The number of likely N-dealkylation sites (N-methyl/N-ethyl adjacent to an activating group) is 1. The van der Waals surface area contributed by atoms with Crippen LogP contribution in [0.3, 0.4) is 0 Å². The van der Waals surface area contributed by atoms with Gasteiger partial charge in [-0.3, -0.25) is 9.59 Å². The number of ketones is 1. The lowest BCUT2D eigenvalue weighted by Gasteiger charge is -2.16. The Bertz CT molecular complexity index is 436. The molecule has 1 aromatic carbocycles. The van der Waals surface area contributed by atoms with Crippen LogP contribution in [0, 0.1) is 5.82 Å². The molecule has 0 aliphatic carbocycles. The van der Waals surface area contributed by atoms with Crippen molar-refractivity contribution in [2.24, 2.45) is 0 Å². The third-order valence-corrected chi connectivity index (χ3v) is 2.74. The van der Waals surface area contributed by atoms with Gasteiger partial charge in [-0.2, -0.15) is 0 Å². The fourth-order valence-corrected chi connectivity index (χ4v) is 1.73. The molecule has 0 N–H and O–H groups in total. The summed E-state index contributed by atoms with van der Waals surface area (Å²) in [5, 5.41) is 0. The molecule has 17 heavy (non-hydrogen) atoms. The number of carbonyl (C=O) groups is 2. The Balaban J connectivity index is 2.79. The Hall–Kier alpha value is -1.40. The average molecular weight is 257 g/mol. The summed E-state index contributed by atoms with van der Waals surface area (Å²) in [7, 11) is 1.37. The molecule has 0 radical (unpaired) electrons. The number of Topliss-reactive ketones (excluding diaryl/α,β-unsaturated/α-hetero) is 1. The Morgan fingerprint density at radius 1 is 1.47 bits per heavy atom. The van der Waals surface area contributed by atoms with Crippen LogP contribution in [-0.2, 0) is 20.8 Å². The fourth-order valence-electron chi connectivity index (χ4n) is 1.24. The van der Waals surface area contributed by atoms with E-state index in [0.29, 0.717) is 0 Å². The first-order valence-electron chi connectivity index (χ1n) is 4.78. The number of carbonyl (C=O) groups excluding carboxylic acids is 2. The summed E-state index contributed by atoms with van der Waals surface area (Å²) in [5.41, 5.74) is 0.283. The van der Waals surface area contributed by atoms with Crippen LogP contribution in [0.15, 0.2) is 24.3 Å². The molecule has 4 nitrogen and oxygen atoms in total. The number of amides is 1. The largest absolute Gasteiger partial charge is 0.616 e. The van der Waals surface area contributed by atoms with Crippen molar-refractivity contribution < 1.29 is 18.5 Å². The van der Waals surface area contributed by atoms with Crippen LogP contribution in [0.2, 0.25) is 0 Å². The highest BCUT2D eigenvalue weighted by molar-refractivity contribution is 7.91. The van der Waals surface area contributed by atoms with Gasteiger partial charge in [0.05, 0.1) is 6.26 Å². The molecule has 1 atom stereocenters. The van der Waals surface area contributed by atoms with Gasteiger partial charge in [0.1, 0.15) is 5.82 Å². The SMILES string of the molecule is CN(C(=O)C(=O)C[S+](C)[O-])c1cccc(F)c1. The van der Waals surface area contributed by atoms with E-state index in [0.717, 1.165) is 11.0 Å². The first kappa shape index (κ1) is 13.7. The molecular formula is C11H12FNO3S. The first-order chi connectivity index (χ1) is 7.91. The lowest BCUT2D eigenvalue weighted by molar-refractivity contribution is -0.134. The van der Waals surface area contributed by atoms with E-state index in [-0.39, 0.29) is 11.4 Å². The molecule has 1 rings (SSSR count). The molecule has 0 heterocycles.